The van der Waals surface area contributed by atoms with Crippen molar-refractivity contribution >= 4 is 27.8 Å². The SMILES string of the molecule is CCOC(C)=O.Cc1ccc2[nH]c(C)c(-c3ccnc4c(C(F)(F)F)cccc34)c2c1. The summed E-state index contributed by atoms with van der Waals surface area (Å²) < 4.78 is 44.4. The molecular weight excluding hydrogens is 405 g/mol. The average molecular weight is 428 g/mol. The van der Waals surface area contributed by atoms with Gasteiger partial charge in [-0.15, -0.1) is 0 Å². The summed E-state index contributed by atoms with van der Waals surface area (Å²) in [6, 6.07) is 12.0. The smallest absolute Gasteiger partial charge is 0.418 e. The first-order valence-corrected chi connectivity index (χ1v) is 9.81. The number of alkyl halides is 3. The second-order valence-electron chi connectivity index (χ2n) is 7.16. The van der Waals surface area contributed by atoms with E-state index in [-0.39, 0.29) is 11.5 Å². The summed E-state index contributed by atoms with van der Waals surface area (Å²) in [7, 11) is 0. The monoisotopic (exact) mass is 428 g/mol. The van der Waals surface area contributed by atoms with E-state index in [1.807, 2.05) is 32.0 Å². The summed E-state index contributed by atoms with van der Waals surface area (Å²) in [5, 5.41) is 1.50. The number of nitrogens with one attached hydrogen (secondary N) is 1. The first-order chi connectivity index (χ1) is 14.6. The number of aromatic amines is 1. The molecule has 1 N–H and O–H groups in total. The molecule has 7 heteroatoms. The van der Waals surface area contributed by atoms with Crippen molar-refractivity contribution in [3.05, 3.63) is 65.5 Å². The van der Waals surface area contributed by atoms with Crippen molar-refractivity contribution in [1.29, 1.82) is 0 Å². The number of para-hydroxylation sites is 1. The van der Waals surface area contributed by atoms with E-state index in [0.717, 1.165) is 39.4 Å². The molecule has 0 radical (unpaired) electrons. The predicted octanol–water partition coefficient (Wildman–Crippen LogP) is 6.59. The Morgan fingerprint density at radius 1 is 1.10 bits per heavy atom. The number of carbonyl (C=O) groups is 1. The molecule has 0 aliphatic carbocycles. The predicted molar refractivity (Wildman–Crippen MR) is 116 cm³/mol. The molecule has 2 heterocycles. The van der Waals surface area contributed by atoms with Gasteiger partial charge in [-0.3, -0.25) is 9.78 Å². The summed E-state index contributed by atoms with van der Waals surface area (Å²) in [6.07, 6.45) is -2.99. The maximum Gasteiger partial charge on any atom is 0.418 e. The van der Waals surface area contributed by atoms with Gasteiger partial charge in [0.25, 0.3) is 0 Å². The summed E-state index contributed by atoms with van der Waals surface area (Å²) in [5.74, 6) is -0.211. The van der Waals surface area contributed by atoms with Crippen LogP contribution in [0, 0.1) is 13.8 Å². The Kier molecular flexibility index (Phi) is 6.34. The van der Waals surface area contributed by atoms with Crippen LogP contribution >= 0.6 is 0 Å². The Bertz CT molecular complexity index is 1240. The van der Waals surface area contributed by atoms with Gasteiger partial charge in [0.1, 0.15) is 0 Å². The molecule has 0 spiro atoms. The minimum atomic E-state index is -4.43. The van der Waals surface area contributed by atoms with Crippen molar-refractivity contribution in [3.8, 4) is 11.1 Å². The fourth-order valence-electron chi connectivity index (χ4n) is 3.61. The Balaban J connectivity index is 0.000000401. The quantitative estimate of drug-likeness (QED) is 0.367. The zero-order valence-corrected chi connectivity index (χ0v) is 17.7. The van der Waals surface area contributed by atoms with Crippen LogP contribution in [0.3, 0.4) is 0 Å². The molecule has 0 saturated heterocycles. The number of aromatic nitrogens is 2. The van der Waals surface area contributed by atoms with E-state index in [0.29, 0.717) is 12.0 Å². The number of H-pyrrole nitrogens is 1. The lowest BCUT2D eigenvalue weighted by Gasteiger charge is -2.12. The zero-order valence-electron chi connectivity index (χ0n) is 17.7. The van der Waals surface area contributed by atoms with Crippen molar-refractivity contribution in [3.63, 3.8) is 0 Å². The molecule has 2 aromatic carbocycles. The summed E-state index contributed by atoms with van der Waals surface area (Å²) >= 11 is 0. The Hall–Kier alpha value is -3.35. The van der Waals surface area contributed by atoms with Crippen molar-refractivity contribution in [2.75, 3.05) is 6.61 Å². The number of halogens is 3. The molecular formula is C24H23F3N2O2. The van der Waals surface area contributed by atoms with Crippen molar-refractivity contribution in [2.24, 2.45) is 0 Å². The minimum Gasteiger partial charge on any atom is -0.466 e. The van der Waals surface area contributed by atoms with Crippen LogP contribution in [0.4, 0.5) is 13.2 Å². The average Bonchev–Trinajstić information content (AvgIpc) is 3.01. The number of ether oxygens (including phenoxy) is 1. The van der Waals surface area contributed by atoms with E-state index in [2.05, 4.69) is 14.7 Å². The Labute approximate surface area is 178 Å². The molecule has 0 fully saturated rings. The molecule has 0 amide bonds. The largest absolute Gasteiger partial charge is 0.466 e. The minimum absolute atomic E-state index is 0.0195. The number of benzene rings is 2. The molecule has 31 heavy (non-hydrogen) atoms. The first-order valence-electron chi connectivity index (χ1n) is 9.81. The molecule has 2 aromatic heterocycles. The van der Waals surface area contributed by atoms with Gasteiger partial charge in [0, 0.05) is 40.7 Å². The number of nitrogens with zero attached hydrogens (tertiary/aromatic N) is 1. The van der Waals surface area contributed by atoms with Crippen LogP contribution in [0.1, 0.15) is 30.7 Å². The normalized spacial score (nSPS) is 11.3. The molecule has 0 saturated carbocycles. The number of fused-ring (bicyclic) bond motifs is 2. The number of esters is 1. The number of hydrogen-bond donors (Lipinski definition) is 1. The van der Waals surface area contributed by atoms with Gasteiger partial charge in [-0.25, -0.2) is 0 Å². The lowest BCUT2D eigenvalue weighted by atomic mass is 9.96. The lowest BCUT2D eigenvalue weighted by Crippen LogP contribution is -2.06. The van der Waals surface area contributed by atoms with Crippen molar-refractivity contribution < 1.29 is 22.7 Å². The highest BCUT2D eigenvalue weighted by atomic mass is 19.4. The van der Waals surface area contributed by atoms with Gasteiger partial charge in [0.2, 0.25) is 0 Å². The molecule has 0 aliphatic heterocycles. The third-order valence-corrected chi connectivity index (χ3v) is 4.83. The van der Waals surface area contributed by atoms with Gasteiger partial charge >= 0.3 is 12.1 Å². The second kappa shape index (κ2) is 8.79. The number of hydrogen-bond acceptors (Lipinski definition) is 3. The fourth-order valence-corrected chi connectivity index (χ4v) is 3.61. The van der Waals surface area contributed by atoms with Crippen molar-refractivity contribution in [2.45, 2.75) is 33.9 Å². The van der Waals surface area contributed by atoms with Crippen LogP contribution in [0.25, 0.3) is 32.9 Å². The van der Waals surface area contributed by atoms with E-state index in [4.69, 9.17) is 0 Å². The summed E-state index contributed by atoms with van der Waals surface area (Å²) in [5.41, 5.74) is 3.94. The third-order valence-electron chi connectivity index (χ3n) is 4.83. The van der Waals surface area contributed by atoms with Gasteiger partial charge in [-0.1, -0.05) is 23.8 Å². The van der Waals surface area contributed by atoms with Crippen LogP contribution in [-0.4, -0.2) is 22.5 Å². The maximum atomic E-state index is 13.3. The molecule has 0 unspecified atom stereocenters. The molecule has 0 atom stereocenters. The van der Waals surface area contributed by atoms with Crippen LogP contribution in [-0.2, 0) is 15.7 Å². The van der Waals surface area contributed by atoms with Crippen LogP contribution in [0.5, 0.6) is 0 Å². The van der Waals surface area contributed by atoms with E-state index in [1.54, 1.807) is 19.1 Å². The van der Waals surface area contributed by atoms with Crippen LogP contribution in [0.15, 0.2) is 48.7 Å². The van der Waals surface area contributed by atoms with Gasteiger partial charge in [-0.05, 0) is 50.6 Å². The van der Waals surface area contributed by atoms with Gasteiger partial charge in [-0.2, -0.15) is 13.2 Å². The Morgan fingerprint density at radius 3 is 2.45 bits per heavy atom. The standard InChI is InChI=1S/C20H15F3N2.C4H8O2/c1-11-6-7-17-15(10-11)18(12(2)25-17)13-8-9-24-19-14(13)4-3-5-16(19)20(21,22)23;1-3-6-4(2)5/h3-10,25H,1-2H3;3H2,1-2H3. The van der Waals surface area contributed by atoms with E-state index < -0.39 is 11.7 Å². The number of aryl methyl sites for hydroxylation is 2. The number of rotatable bonds is 2. The van der Waals surface area contributed by atoms with Gasteiger partial charge < -0.3 is 9.72 Å². The lowest BCUT2D eigenvalue weighted by molar-refractivity contribution is -0.140. The fraction of sp³-hybridized carbons (Fsp3) is 0.250. The second-order valence-corrected chi connectivity index (χ2v) is 7.16. The number of pyridine rings is 1. The van der Waals surface area contributed by atoms with Gasteiger partial charge in [0.15, 0.2) is 0 Å². The molecule has 4 nitrogen and oxygen atoms in total. The topological polar surface area (TPSA) is 55.0 Å². The summed E-state index contributed by atoms with van der Waals surface area (Å²) in [6.45, 7) is 7.59. The molecule has 0 aliphatic rings. The van der Waals surface area contributed by atoms with Crippen LogP contribution < -0.4 is 0 Å². The molecule has 162 valence electrons. The van der Waals surface area contributed by atoms with Crippen molar-refractivity contribution in [1.82, 2.24) is 9.97 Å². The zero-order chi connectivity index (χ0) is 22.8. The third kappa shape index (κ3) is 4.71. The van der Waals surface area contributed by atoms with E-state index in [9.17, 15) is 18.0 Å². The highest BCUT2D eigenvalue weighted by molar-refractivity contribution is 6.06. The maximum absolute atomic E-state index is 13.3. The number of carbonyl (C=O) groups excluding carboxylic acids is 1. The highest BCUT2D eigenvalue weighted by Crippen LogP contribution is 2.40. The summed E-state index contributed by atoms with van der Waals surface area (Å²) in [4.78, 5) is 17.2. The van der Waals surface area contributed by atoms with Gasteiger partial charge in [0.05, 0.1) is 17.7 Å². The molecule has 0 bridgehead atoms. The highest BCUT2D eigenvalue weighted by Gasteiger charge is 2.33. The first kappa shape index (κ1) is 22.3. The molecule has 4 aromatic rings. The van der Waals surface area contributed by atoms with Crippen LogP contribution in [0.2, 0.25) is 0 Å². The van der Waals surface area contributed by atoms with E-state index in [1.165, 1.54) is 19.2 Å². The Morgan fingerprint density at radius 2 is 1.84 bits per heavy atom. The molecule has 4 rings (SSSR count). The van der Waals surface area contributed by atoms with E-state index >= 15 is 0 Å².